The minimum atomic E-state index is -0.307. The summed E-state index contributed by atoms with van der Waals surface area (Å²) in [6, 6.07) is 8.85. The standard InChI is InChI=1S/C17H20ClNO4/c1-4-22-16-12(6-5-7-14(16)21-3)10-19-17(20)15-9-8-13(23-15)11(2)18/h5-9,11H,4,10H2,1-3H3,(H,19,20). The Balaban J connectivity index is 2.09. The van der Waals surface area contributed by atoms with Gasteiger partial charge in [-0.25, -0.2) is 0 Å². The molecule has 1 N–H and O–H groups in total. The minimum Gasteiger partial charge on any atom is -0.493 e. The van der Waals surface area contributed by atoms with Crippen LogP contribution < -0.4 is 14.8 Å². The highest BCUT2D eigenvalue weighted by molar-refractivity contribution is 6.20. The predicted molar refractivity (Wildman–Crippen MR) is 88.3 cm³/mol. The van der Waals surface area contributed by atoms with Crippen molar-refractivity contribution in [2.24, 2.45) is 0 Å². The van der Waals surface area contributed by atoms with Crippen LogP contribution in [-0.2, 0) is 6.54 Å². The van der Waals surface area contributed by atoms with Crippen LogP contribution in [0.1, 0.15) is 41.1 Å². The Kier molecular flexibility index (Phi) is 5.93. The number of methoxy groups -OCH3 is 1. The van der Waals surface area contributed by atoms with Crippen LogP contribution in [0.2, 0.25) is 0 Å². The Labute approximate surface area is 140 Å². The third-order valence-electron chi connectivity index (χ3n) is 3.25. The van der Waals surface area contributed by atoms with Crippen LogP contribution in [0, 0.1) is 0 Å². The highest BCUT2D eigenvalue weighted by Crippen LogP contribution is 2.31. The molecule has 0 radical (unpaired) electrons. The summed E-state index contributed by atoms with van der Waals surface area (Å²) in [5.74, 6) is 1.75. The number of rotatable bonds is 7. The van der Waals surface area contributed by atoms with Crippen LogP contribution in [0.4, 0.5) is 0 Å². The molecule has 0 aliphatic heterocycles. The molecule has 1 aromatic carbocycles. The maximum Gasteiger partial charge on any atom is 0.287 e. The molecule has 2 aromatic rings. The summed E-state index contributed by atoms with van der Waals surface area (Å²) in [7, 11) is 1.58. The second kappa shape index (κ2) is 7.92. The van der Waals surface area contributed by atoms with E-state index in [4.69, 9.17) is 25.5 Å². The van der Waals surface area contributed by atoms with Crippen molar-refractivity contribution < 1.29 is 18.7 Å². The number of benzene rings is 1. The van der Waals surface area contributed by atoms with Crippen LogP contribution in [0.3, 0.4) is 0 Å². The van der Waals surface area contributed by atoms with E-state index in [2.05, 4.69) is 5.32 Å². The fourth-order valence-corrected chi connectivity index (χ4v) is 2.24. The van der Waals surface area contributed by atoms with Crippen molar-refractivity contribution in [2.75, 3.05) is 13.7 Å². The van der Waals surface area contributed by atoms with Crippen molar-refractivity contribution in [1.82, 2.24) is 5.32 Å². The Hall–Kier alpha value is -2.14. The summed E-state index contributed by atoms with van der Waals surface area (Å²) in [5, 5.41) is 2.53. The second-order valence-corrected chi connectivity index (χ2v) is 5.54. The van der Waals surface area contributed by atoms with E-state index in [1.54, 1.807) is 26.2 Å². The molecule has 5 nitrogen and oxygen atoms in total. The topological polar surface area (TPSA) is 60.7 Å². The average molecular weight is 338 g/mol. The van der Waals surface area contributed by atoms with Gasteiger partial charge >= 0.3 is 0 Å². The van der Waals surface area contributed by atoms with Gasteiger partial charge < -0.3 is 19.2 Å². The minimum absolute atomic E-state index is 0.230. The highest BCUT2D eigenvalue weighted by atomic mass is 35.5. The summed E-state index contributed by atoms with van der Waals surface area (Å²) >= 11 is 5.93. The van der Waals surface area contributed by atoms with E-state index in [0.717, 1.165) is 5.56 Å². The van der Waals surface area contributed by atoms with Crippen molar-refractivity contribution >= 4 is 17.5 Å². The lowest BCUT2D eigenvalue weighted by molar-refractivity contribution is 0.0921. The van der Waals surface area contributed by atoms with Gasteiger partial charge in [0, 0.05) is 12.1 Å². The molecule has 1 aromatic heterocycles. The fourth-order valence-electron chi connectivity index (χ4n) is 2.12. The van der Waals surface area contributed by atoms with Crippen LogP contribution in [0.25, 0.3) is 0 Å². The quantitative estimate of drug-likeness (QED) is 0.778. The first-order chi connectivity index (χ1) is 11.1. The molecular weight excluding hydrogens is 318 g/mol. The number of hydrogen-bond donors (Lipinski definition) is 1. The molecule has 2 rings (SSSR count). The number of furan rings is 1. The van der Waals surface area contributed by atoms with Gasteiger partial charge in [0.15, 0.2) is 17.3 Å². The summed E-state index contributed by atoms with van der Waals surface area (Å²) in [5.41, 5.74) is 0.831. The van der Waals surface area contributed by atoms with Crippen molar-refractivity contribution in [3.8, 4) is 11.5 Å². The monoisotopic (exact) mass is 337 g/mol. The van der Waals surface area contributed by atoms with Crippen molar-refractivity contribution in [1.29, 1.82) is 0 Å². The Morgan fingerprint density at radius 3 is 2.74 bits per heavy atom. The predicted octanol–water partition coefficient (Wildman–Crippen LogP) is 3.92. The van der Waals surface area contributed by atoms with Crippen LogP contribution in [-0.4, -0.2) is 19.6 Å². The number of carbonyl (C=O) groups excluding carboxylic acids is 1. The van der Waals surface area contributed by atoms with Crippen molar-refractivity contribution in [3.05, 3.63) is 47.4 Å². The highest BCUT2D eigenvalue weighted by Gasteiger charge is 2.15. The summed E-state index contributed by atoms with van der Waals surface area (Å²) in [4.78, 5) is 12.2. The lowest BCUT2D eigenvalue weighted by Gasteiger charge is -2.14. The van der Waals surface area contributed by atoms with Gasteiger partial charge in [0.2, 0.25) is 0 Å². The fraction of sp³-hybridized carbons (Fsp3) is 0.353. The van der Waals surface area contributed by atoms with Crippen molar-refractivity contribution in [3.63, 3.8) is 0 Å². The van der Waals surface area contributed by atoms with Gasteiger partial charge in [-0.05, 0) is 32.0 Å². The normalized spacial score (nSPS) is 11.8. The number of alkyl halides is 1. The lowest BCUT2D eigenvalue weighted by Crippen LogP contribution is -2.22. The molecule has 0 bridgehead atoms. The van der Waals surface area contributed by atoms with Crippen LogP contribution in [0.5, 0.6) is 11.5 Å². The molecular formula is C17H20ClNO4. The molecule has 0 spiro atoms. The third-order valence-corrected chi connectivity index (χ3v) is 3.47. The van der Waals surface area contributed by atoms with Gasteiger partial charge in [0.05, 0.1) is 19.1 Å². The van der Waals surface area contributed by atoms with E-state index in [1.165, 1.54) is 0 Å². The number of ether oxygens (including phenoxy) is 2. The SMILES string of the molecule is CCOc1c(CNC(=O)c2ccc(C(C)Cl)o2)cccc1OC. The maximum atomic E-state index is 12.2. The summed E-state index contributed by atoms with van der Waals surface area (Å²) < 4.78 is 16.3. The molecule has 1 amide bonds. The van der Waals surface area contributed by atoms with Crippen LogP contribution in [0.15, 0.2) is 34.7 Å². The van der Waals surface area contributed by atoms with E-state index < -0.39 is 0 Å². The van der Waals surface area contributed by atoms with E-state index in [9.17, 15) is 4.79 Å². The Morgan fingerprint density at radius 1 is 1.35 bits per heavy atom. The first-order valence-electron chi connectivity index (χ1n) is 7.37. The zero-order valence-corrected chi connectivity index (χ0v) is 14.1. The molecule has 0 fully saturated rings. The number of amides is 1. The number of nitrogens with one attached hydrogen (secondary N) is 1. The molecule has 124 valence electrons. The van der Waals surface area contributed by atoms with Crippen LogP contribution >= 0.6 is 11.6 Å². The number of halogens is 1. The Morgan fingerprint density at radius 2 is 2.13 bits per heavy atom. The van der Waals surface area contributed by atoms with Gasteiger partial charge in [-0.3, -0.25) is 4.79 Å². The largest absolute Gasteiger partial charge is 0.493 e. The molecule has 1 atom stereocenters. The summed E-state index contributed by atoms with van der Waals surface area (Å²) in [6.07, 6.45) is 0. The lowest BCUT2D eigenvalue weighted by atomic mass is 10.2. The van der Waals surface area contributed by atoms with Gasteiger partial charge in [-0.15, -0.1) is 11.6 Å². The van der Waals surface area contributed by atoms with E-state index in [1.807, 2.05) is 25.1 Å². The summed E-state index contributed by atoms with van der Waals surface area (Å²) in [6.45, 7) is 4.49. The molecule has 0 saturated heterocycles. The smallest absolute Gasteiger partial charge is 0.287 e. The second-order valence-electron chi connectivity index (χ2n) is 4.88. The van der Waals surface area contributed by atoms with Gasteiger partial charge in [-0.1, -0.05) is 12.1 Å². The molecule has 1 heterocycles. The zero-order chi connectivity index (χ0) is 16.8. The van der Waals surface area contributed by atoms with Gasteiger partial charge in [0.1, 0.15) is 5.76 Å². The van der Waals surface area contributed by atoms with E-state index in [-0.39, 0.29) is 17.0 Å². The van der Waals surface area contributed by atoms with E-state index >= 15 is 0 Å². The van der Waals surface area contributed by atoms with Gasteiger partial charge in [0.25, 0.3) is 5.91 Å². The van der Waals surface area contributed by atoms with Gasteiger partial charge in [-0.2, -0.15) is 0 Å². The number of hydrogen-bond acceptors (Lipinski definition) is 4. The molecule has 0 aliphatic carbocycles. The average Bonchev–Trinajstić information content (AvgIpc) is 3.04. The zero-order valence-electron chi connectivity index (χ0n) is 13.4. The molecule has 0 aliphatic rings. The molecule has 1 unspecified atom stereocenters. The third kappa shape index (κ3) is 4.20. The molecule has 6 heteroatoms. The first-order valence-corrected chi connectivity index (χ1v) is 7.81. The number of para-hydroxylation sites is 1. The van der Waals surface area contributed by atoms with E-state index in [0.29, 0.717) is 30.4 Å². The molecule has 23 heavy (non-hydrogen) atoms. The first kappa shape index (κ1) is 17.2. The Bertz CT molecular complexity index is 666. The van der Waals surface area contributed by atoms with Crippen molar-refractivity contribution in [2.45, 2.75) is 25.8 Å². The molecule has 0 saturated carbocycles. The maximum absolute atomic E-state index is 12.2. The number of carbonyl (C=O) groups is 1.